The van der Waals surface area contributed by atoms with Crippen LogP contribution < -0.4 is 4.90 Å². The van der Waals surface area contributed by atoms with Crippen LogP contribution in [0.2, 0.25) is 0 Å². The van der Waals surface area contributed by atoms with E-state index in [4.69, 9.17) is 14.2 Å². The molecule has 0 aliphatic carbocycles. The standard InChI is InChI=1S/C21H19N2O6P/c1-21(2)28-15-14(10-24)27-20(16(15)29-21)30-8-7-11(9-22)19(30)23-17(25)12-5-3-4-6-13(12)18(23)26/h3-8,14-16,20,24H,10H2,1-2H3. The summed E-state index contributed by atoms with van der Waals surface area (Å²) in [6.45, 7) is 3.33. The SMILES string of the molecule is CC1(C)OC2C(CO)OC(p3ccc(C#N)c3N3C(=O)c4ccccc4C3=O)C2O1. The zero-order valence-electron chi connectivity index (χ0n) is 16.3. The van der Waals surface area contributed by atoms with Crippen LogP contribution in [0.1, 0.15) is 46.0 Å². The second kappa shape index (κ2) is 6.74. The van der Waals surface area contributed by atoms with Crippen LogP contribution in [0.3, 0.4) is 0 Å². The summed E-state index contributed by atoms with van der Waals surface area (Å²) >= 11 is 0. The van der Waals surface area contributed by atoms with Crippen LogP contribution in [0.4, 0.5) is 5.42 Å². The lowest BCUT2D eigenvalue weighted by Gasteiger charge is -2.25. The smallest absolute Gasteiger partial charge is 0.266 e. The first-order valence-electron chi connectivity index (χ1n) is 9.57. The number of nitriles is 1. The van der Waals surface area contributed by atoms with E-state index >= 15 is 0 Å². The Balaban J connectivity index is 1.60. The number of hydrogen-bond donors (Lipinski definition) is 1. The minimum atomic E-state index is -1.40. The zero-order valence-corrected chi connectivity index (χ0v) is 17.2. The molecule has 154 valence electrons. The third-order valence-electron chi connectivity index (χ3n) is 5.59. The summed E-state index contributed by atoms with van der Waals surface area (Å²) < 4.78 is 18.0. The van der Waals surface area contributed by atoms with Crippen LogP contribution in [-0.4, -0.2) is 47.6 Å². The number of carbonyl (C=O) groups is 2. The third-order valence-corrected chi connectivity index (χ3v) is 7.96. The topological polar surface area (TPSA) is 109 Å². The number of anilines is 1. The first-order chi connectivity index (χ1) is 14.4. The Labute approximate surface area is 173 Å². The van der Waals surface area contributed by atoms with Gasteiger partial charge in [0.2, 0.25) is 0 Å². The number of benzene rings is 1. The van der Waals surface area contributed by atoms with E-state index in [9.17, 15) is 20.0 Å². The highest BCUT2D eigenvalue weighted by atomic mass is 31.1. The molecular weight excluding hydrogens is 407 g/mol. The molecule has 1 aromatic carbocycles. The lowest BCUT2D eigenvalue weighted by molar-refractivity contribution is -0.185. The Morgan fingerprint density at radius 1 is 1.13 bits per heavy atom. The number of amides is 2. The fourth-order valence-electron chi connectivity index (χ4n) is 4.38. The number of aliphatic hydroxyl groups excluding tert-OH is 1. The number of nitrogens with zero attached hydrogens (tertiary/aromatic N) is 2. The first-order valence-corrected chi connectivity index (χ1v) is 11.0. The Kier molecular flexibility index (Phi) is 4.37. The van der Waals surface area contributed by atoms with E-state index < -0.39 is 49.3 Å². The van der Waals surface area contributed by atoms with Crippen LogP contribution in [-0.2, 0) is 14.2 Å². The number of ether oxygens (including phenoxy) is 3. The molecule has 4 heterocycles. The summed E-state index contributed by atoms with van der Waals surface area (Å²) in [5, 5.41) is 19.4. The van der Waals surface area contributed by atoms with Gasteiger partial charge >= 0.3 is 0 Å². The quantitative estimate of drug-likeness (QED) is 0.752. The molecule has 0 radical (unpaired) electrons. The second-order valence-corrected chi connectivity index (χ2v) is 9.92. The van der Waals surface area contributed by atoms with Gasteiger partial charge < -0.3 is 19.3 Å². The van der Waals surface area contributed by atoms with Crippen molar-refractivity contribution < 1.29 is 28.9 Å². The van der Waals surface area contributed by atoms with E-state index in [1.165, 1.54) is 0 Å². The molecule has 2 fully saturated rings. The molecule has 2 amide bonds. The summed E-state index contributed by atoms with van der Waals surface area (Å²) in [4.78, 5) is 27.2. The molecule has 5 rings (SSSR count). The van der Waals surface area contributed by atoms with Gasteiger partial charge in [-0.25, -0.2) is 4.90 Å². The van der Waals surface area contributed by atoms with Crippen molar-refractivity contribution >= 4 is 24.8 Å². The number of fused-ring (bicyclic) bond motifs is 2. The number of carbonyl (C=O) groups excluding carboxylic acids is 2. The van der Waals surface area contributed by atoms with Gasteiger partial charge in [-0.15, -0.1) is 0 Å². The molecule has 0 bridgehead atoms. The molecule has 30 heavy (non-hydrogen) atoms. The van der Waals surface area contributed by atoms with Crippen molar-refractivity contribution in [3.63, 3.8) is 0 Å². The predicted molar refractivity (Wildman–Crippen MR) is 106 cm³/mol. The lowest BCUT2D eigenvalue weighted by atomic mass is 10.1. The summed E-state index contributed by atoms with van der Waals surface area (Å²) in [6, 6.07) is 10.3. The molecule has 9 heteroatoms. The fraction of sp³-hybridized carbons (Fsp3) is 0.381. The molecule has 3 aliphatic heterocycles. The molecule has 0 spiro atoms. The molecule has 8 nitrogen and oxygen atoms in total. The average Bonchev–Trinajstić information content (AvgIpc) is 3.42. The molecule has 3 aliphatic rings. The molecule has 1 aromatic heterocycles. The highest BCUT2D eigenvalue weighted by Crippen LogP contribution is 2.60. The van der Waals surface area contributed by atoms with Gasteiger partial charge in [0.1, 0.15) is 30.2 Å². The van der Waals surface area contributed by atoms with E-state index in [0.717, 1.165) is 4.90 Å². The average molecular weight is 426 g/mol. The van der Waals surface area contributed by atoms with Crippen molar-refractivity contribution in [2.45, 2.75) is 43.8 Å². The molecule has 1 N–H and O–H groups in total. The van der Waals surface area contributed by atoms with Gasteiger partial charge in [-0.3, -0.25) is 9.59 Å². The van der Waals surface area contributed by atoms with Crippen molar-refractivity contribution in [2.24, 2.45) is 0 Å². The minimum Gasteiger partial charge on any atom is -0.394 e. The number of imide groups is 1. The van der Waals surface area contributed by atoms with Gasteiger partial charge in [-0.1, -0.05) is 19.7 Å². The Bertz CT molecular complexity index is 1070. The molecule has 0 saturated carbocycles. The fourth-order valence-corrected chi connectivity index (χ4v) is 6.89. The van der Waals surface area contributed by atoms with Gasteiger partial charge in [0, 0.05) is 0 Å². The van der Waals surface area contributed by atoms with Crippen LogP contribution in [0.5, 0.6) is 0 Å². The highest BCUT2D eigenvalue weighted by molar-refractivity contribution is 7.53. The number of aliphatic hydroxyl groups is 1. The van der Waals surface area contributed by atoms with E-state index in [1.807, 2.05) is 5.80 Å². The molecule has 5 unspecified atom stereocenters. The number of hydrogen-bond acceptors (Lipinski definition) is 7. The second-order valence-electron chi connectivity index (χ2n) is 7.88. The molecule has 2 aromatic rings. The zero-order chi connectivity index (χ0) is 21.2. The first kappa shape index (κ1) is 19.4. The number of rotatable bonds is 3. The van der Waals surface area contributed by atoms with E-state index in [1.54, 1.807) is 44.2 Å². The largest absolute Gasteiger partial charge is 0.394 e. The van der Waals surface area contributed by atoms with E-state index in [0.29, 0.717) is 16.5 Å². The van der Waals surface area contributed by atoms with E-state index in [2.05, 4.69) is 6.07 Å². The van der Waals surface area contributed by atoms with Gasteiger partial charge in [0.05, 0.1) is 28.7 Å². The van der Waals surface area contributed by atoms with Crippen LogP contribution >= 0.6 is 7.53 Å². The summed E-state index contributed by atoms with van der Waals surface area (Å²) in [5.74, 6) is -0.506. The van der Waals surface area contributed by atoms with Crippen molar-refractivity contribution in [2.75, 3.05) is 11.5 Å². The Morgan fingerprint density at radius 3 is 2.37 bits per heavy atom. The summed E-state index contributed by atoms with van der Waals surface area (Å²) in [5.41, 5.74) is 1.22. The van der Waals surface area contributed by atoms with Crippen LogP contribution in [0.25, 0.3) is 0 Å². The molecule has 5 atom stereocenters. The molecular formula is C21H19N2O6P. The van der Waals surface area contributed by atoms with Gasteiger partial charge in [-0.05, 0) is 37.8 Å². The van der Waals surface area contributed by atoms with Gasteiger partial charge in [0.25, 0.3) is 11.8 Å². The van der Waals surface area contributed by atoms with Crippen molar-refractivity contribution in [3.05, 3.63) is 52.8 Å². The third kappa shape index (κ3) is 2.68. The van der Waals surface area contributed by atoms with Crippen LogP contribution in [0.15, 0.2) is 36.1 Å². The van der Waals surface area contributed by atoms with Crippen molar-refractivity contribution in [1.82, 2.24) is 0 Å². The summed E-state index contributed by atoms with van der Waals surface area (Å²) in [6.07, 6.45) is -1.55. The maximum absolute atomic E-state index is 13.1. The Morgan fingerprint density at radius 2 is 1.77 bits per heavy atom. The van der Waals surface area contributed by atoms with Crippen molar-refractivity contribution in [1.29, 1.82) is 5.26 Å². The maximum atomic E-state index is 13.1. The van der Waals surface area contributed by atoms with Gasteiger partial charge in [-0.2, -0.15) is 5.26 Å². The molecule has 2 saturated heterocycles. The maximum Gasteiger partial charge on any atom is 0.266 e. The predicted octanol–water partition coefficient (Wildman–Crippen LogP) is 2.76. The van der Waals surface area contributed by atoms with Gasteiger partial charge in [0.15, 0.2) is 5.79 Å². The Hall–Kier alpha value is -2.53. The minimum absolute atomic E-state index is 0.249. The van der Waals surface area contributed by atoms with E-state index in [-0.39, 0.29) is 12.2 Å². The van der Waals surface area contributed by atoms with Crippen molar-refractivity contribution in [3.8, 4) is 6.07 Å². The highest BCUT2D eigenvalue weighted by Gasteiger charge is 2.56. The lowest BCUT2D eigenvalue weighted by Crippen LogP contribution is -2.31. The normalized spacial score (nSPS) is 29.8. The van der Waals surface area contributed by atoms with Crippen LogP contribution in [0, 0.1) is 11.3 Å². The summed E-state index contributed by atoms with van der Waals surface area (Å²) in [7, 11) is -1.40. The monoisotopic (exact) mass is 426 g/mol.